The van der Waals surface area contributed by atoms with E-state index in [1.165, 1.54) is 20.3 Å². The number of ether oxygens (including phenoxy) is 2. The topological polar surface area (TPSA) is 65.7 Å². The first-order valence-corrected chi connectivity index (χ1v) is 7.43. The summed E-state index contributed by atoms with van der Waals surface area (Å²) in [6.45, 7) is 5.52. The molecule has 0 atom stereocenters. The van der Waals surface area contributed by atoms with E-state index in [2.05, 4.69) is 0 Å². The number of hydrogen-bond acceptors (Lipinski definition) is 5. The number of Topliss-reactive ketones (excluding diaryl/α,β-unsaturated/α-hetero) is 1. The normalized spacial score (nSPS) is 11.3. The standard InChI is InChI=1S/C19H20O5/c1-11(2)6-7-12(3)18(20)15-10-14-16(23-5)8-13(22-4)9-17(14)24-19(15)21/h6-10H,1-5H3/b12-7+. The maximum Gasteiger partial charge on any atom is 0.347 e. The molecule has 0 spiro atoms. The molecule has 2 aromatic rings. The van der Waals surface area contributed by atoms with E-state index in [1.807, 2.05) is 19.9 Å². The maximum absolute atomic E-state index is 12.5. The van der Waals surface area contributed by atoms with Gasteiger partial charge in [-0.05, 0) is 32.4 Å². The molecule has 0 unspecified atom stereocenters. The lowest BCUT2D eigenvalue weighted by Gasteiger charge is -2.09. The summed E-state index contributed by atoms with van der Waals surface area (Å²) in [6.07, 6.45) is 3.51. The van der Waals surface area contributed by atoms with Crippen molar-refractivity contribution in [2.24, 2.45) is 0 Å². The van der Waals surface area contributed by atoms with Gasteiger partial charge in [0, 0.05) is 12.1 Å². The van der Waals surface area contributed by atoms with Crippen LogP contribution in [0.25, 0.3) is 11.0 Å². The molecule has 1 heterocycles. The van der Waals surface area contributed by atoms with E-state index < -0.39 is 5.63 Å². The summed E-state index contributed by atoms with van der Waals surface area (Å²) >= 11 is 0. The van der Waals surface area contributed by atoms with E-state index in [0.29, 0.717) is 28.0 Å². The molecule has 0 saturated carbocycles. The van der Waals surface area contributed by atoms with Crippen molar-refractivity contribution >= 4 is 16.8 Å². The van der Waals surface area contributed by atoms with Gasteiger partial charge < -0.3 is 13.9 Å². The molecule has 5 nitrogen and oxygen atoms in total. The van der Waals surface area contributed by atoms with Crippen molar-refractivity contribution in [3.8, 4) is 11.5 Å². The predicted molar refractivity (Wildman–Crippen MR) is 93.1 cm³/mol. The molecule has 0 bridgehead atoms. The van der Waals surface area contributed by atoms with Crippen LogP contribution in [0.15, 0.2) is 50.7 Å². The average molecular weight is 328 g/mol. The molecule has 0 aliphatic carbocycles. The van der Waals surface area contributed by atoms with Gasteiger partial charge in [0.2, 0.25) is 0 Å². The van der Waals surface area contributed by atoms with Gasteiger partial charge in [0.05, 0.1) is 19.6 Å². The second-order valence-corrected chi connectivity index (χ2v) is 5.61. The van der Waals surface area contributed by atoms with Crippen LogP contribution < -0.4 is 15.1 Å². The molecule has 0 amide bonds. The fourth-order valence-electron chi connectivity index (χ4n) is 2.19. The first kappa shape index (κ1) is 17.5. The molecule has 1 aromatic heterocycles. The lowest BCUT2D eigenvalue weighted by atomic mass is 10.0. The summed E-state index contributed by atoms with van der Waals surface area (Å²) < 4.78 is 15.8. The van der Waals surface area contributed by atoms with Crippen molar-refractivity contribution < 1.29 is 18.7 Å². The zero-order valence-electron chi connectivity index (χ0n) is 14.4. The highest BCUT2D eigenvalue weighted by molar-refractivity contribution is 6.09. The molecule has 126 valence electrons. The quantitative estimate of drug-likeness (QED) is 0.360. The Morgan fingerprint density at radius 1 is 1.04 bits per heavy atom. The van der Waals surface area contributed by atoms with Gasteiger partial charge in [-0.2, -0.15) is 0 Å². The first-order valence-electron chi connectivity index (χ1n) is 7.43. The van der Waals surface area contributed by atoms with Crippen LogP contribution in [0.2, 0.25) is 0 Å². The minimum atomic E-state index is -0.687. The highest BCUT2D eigenvalue weighted by Crippen LogP contribution is 2.31. The van der Waals surface area contributed by atoms with Gasteiger partial charge in [0.15, 0.2) is 5.78 Å². The number of hydrogen-bond donors (Lipinski definition) is 0. The molecular weight excluding hydrogens is 308 g/mol. The van der Waals surface area contributed by atoms with Crippen molar-refractivity contribution in [3.05, 3.63) is 57.5 Å². The largest absolute Gasteiger partial charge is 0.496 e. The molecule has 24 heavy (non-hydrogen) atoms. The third kappa shape index (κ3) is 3.56. The second kappa shape index (κ2) is 7.17. The molecule has 0 radical (unpaired) electrons. The minimum Gasteiger partial charge on any atom is -0.496 e. The summed E-state index contributed by atoms with van der Waals surface area (Å²) in [7, 11) is 3.01. The van der Waals surface area contributed by atoms with E-state index >= 15 is 0 Å². The van der Waals surface area contributed by atoms with Crippen molar-refractivity contribution in [3.63, 3.8) is 0 Å². The average Bonchev–Trinajstić information content (AvgIpc) is 2.57. The number of methoxy groups -OCH3 is 2. The molecule has 0 saturated heterocycles. The summed E-state index contributed by atoms with van der Waals surface area (Å²) in [5, 5.41) is 0.538. The van der Waals surface area contributed by atoms with Gasteiger partial charge >= 0.3 is 5.63 Å². The number of fused-ring (bicyclic) bond motifs is 1. The third-order valence-corrected chi connectivity index (χ3v) is 3.51. The Labute approximate surface area is 140 Å². The highest BCUT2D eigenvalue weighted by atomic mass is 16.5. The Morgan fingerprint density at radius 3 is 2.33 bits per heavy atom. The molecule has 0 N–H and O–H groups in total. The van der Waals surface area contributed by atoms with Crippen LogP contribution in [0.1, 0.15) is 31.1 Å². The summed E-state index contributed by atoms with van der Waals surface area (Å²) in [5.74, 6) is 0.593. The Balaban J connectivity index is 2.62. The lowest BCUT2D eigenvalue weighted by Crippen LogP contribution is -2.14. The van der Waals surface area contributed by atoms with E-state index in [1.54, 1.807) is 25.1 Å². The lowest BCUT2D eigenvalue weighted by molar-refractivity contribution is 0.103. The van der Waals surface area contributed by atoms with Crippen LogP contribution in [0, 0.1) is 0 Å². The van der Waals surface area contributed by atoms with Crippen molar-refractivity contribution in [2.45, 2.75) is 20.8 Å². The highest BCUT2D eigenvalue weighted by Gasteiger charge is 2.17. The molecule has 0 aliphatic heterocycles. The van der Waals surface area contributed by atoms with Gasteiger partial charge in [-0.1, -0.05) is 17.7 Å². The number of carbonyl (C=O) groups excluding carboxylic acids is 1. The summed E-state index contributed by atoms with van der Waals surface area (Å²) in [6, 6.07) is 4.75. The smallest absolute Gasteiger partial charge is 0.347 e. The van der Waals surface area contributed by atoms with Crippen LogP contribution in [-0.2, 0) is 0 Å². The Bertz CT molecular complexity index is 896. The van der Waals surface area contributed by atoms with Gasteiger partial charge in [0.1, 0.15) is 22.6 Å². The first-order chi connectivity index (χ1) is 11.4. The number of benzene rings is 1. The van der Waals surface area contributed by atoms with Crippen molar-refractivity contribution in [1.82, 2.24) is 0 Å². The number of carbonyl (C=O) groups is 1. The Hall–Kier alpha value is -2.82. The Kier molecular flexibility index (Phi) is 5.24. The summed E-state index contributed by atoms with van der Waals surface area (Å²) in [4.78, 5) is 24.7. The summed E-state index contributed by atoms with van der Waals surface area (Å²) in [5.41, 5.74) is 1.10. The zero-order valence-corrected chi connectivity index (χ0v) is 14.4. The predicted octanol–water partition coefficient (Wildman–Crippen LogP) is 3.91. The van der Waals surface area contributed by atoms with Crippen LogP contribution >= 0.6 is 0 Å². The van der Waals surface area contributed by atoms with Crippen LogP contribution in [0.3, 0.4) is 0 Å². The fraction of sp³-hybridized carbons (Fsp3) is 0.263. The van der Waals surface area contributed by atoms with Gasteiger partial charge in [0.25, 0.3) is 0 Å². The van der Waals surface area contributed by atoms with Gasteiger partial charge in [-0.15, -0.1) is 0 Å². The van der Waals surface area contributed by atoms with Crippen LogP contribution in [-0.4, -0.2) is 20.0 Å². The van der Waals surface area contributed by atoms with E-state index in [9.17, 15) is 9.59 Å². The number of rotatable bonds is 5. The van der Waals surface area contributed by atoms with Crippen molar-refractivity contribution in [2.75, 3.05) is 14.2 Å². The molecule has 0 aliphatic rings. The number of ketones is 1. The van der Waals surface area contributed by atoms with Crippen LogP contribution in [0.5, 0.6) is 11.5 Å². The van der Waals surface area contributed by atoms with Crippen LogP contribution in [0.4, 0.5) is 0 Å². The van der Waals surface area contributed by atoms with Crippen molar-refractivity contribution in [1.29, 1.82) is 0 Å². The second-order valence-electron chi connectivity index (χ2n) is 5.61. The molecular formula is C19H20O5. The van der Waals surface area contributed by atoms with Gasteiger partial charge in [-0.3, -0.25) is 4.79 Å². The monoisotopic (exact) mass is 328 g/mol. The number of allylic oxidation sites excluding steroid dienone is 4. The maximum atomic E-state index is 12.5. The molecule has 0 fully saturated rings. The van der Waals surface area contributed by atoms with E-state index in [-0.39, 0.29) is 11.3 Å². The third-order valence-electron chi connectivity index (χ3n) is 3.51. The van der Waals surface area contributed by atoms with E-state index in [0.717, 1.165) is 5.57 Å². The SMILES string of the molecule is COc1cc(OC)c2cc(C(=O)/C(C)=C/C=C(C)C)c(=O)oc2c1. The minimum absolute atomic E-state index is 0.0260. The molecule has 1 aromatic carbocycles. The van der Waals surface area contributed by atoms with E-state index in [4.69, 9.17) is 13.9 Å². The van der Waals surface area contributed by atoms with Gasteiger partial charge in [-0.25, -0.2) is 4.79 Å². The Morgan fingerprint density at radius 2 is 1.75 bits per heavy atom. The zero-order chi connectivity index (χ0) is 17.9. The molecule has 2 rings (SSSR count). The fourth-order valence-corrected chi connectivity index (χ4v) is 2.19. The molecule has 5 heteroatoms.